The first-order chi connectivity index (χ1) is 5.66. The van der Waals surface area contributed by atoms with Crippen LogP contribution >= 0.6 is 0 Å². The van der Waals surface area contributed by atoms with Gasteiger partial charge in [0.1, 0.15) is 0 Å². The van der Waals surface area contributed by atoms with Crippen LogP contribution in [0.2, 0.25) is 0 Å². The lowest BCUT2D eigenvalue weighted by Gasteiger charge is -1.98. The molecule has 12 heavy (non-hydrogen) atoms. The van der Waals surface area contributed by atoms with Crippen LogP contribution < -0.4 is 5.73 Å². The van der Waals surface area contributed by atoms with E-state index in [9.17, 15) is 9.18 Å². The first kappa shape index (κ1) is 8.28. The topological polar surface area (TPSA) is 43.1 Å². The third-order valence-electron chi connectivity index (χ3n) is 1.42. The van der Waals surface area contributed by atoms with Crippen molar-refractivity contribution in [2.24, 2.45) is 5.73 Å². The Balaban J connectivity index is 3.35. The standard InChI is InChI=1S/C9H6FNO/c1-2-6-4-3-5-7(8(6)10)9(11)12/h1,3-5H,(H2,11,12). The lowest BCUT2D eigenvalue weighted by molar-refractivity contribution is 0.0996. The third kappa shape index (κ3) is 1.28. The number of halogens is 1. The Hall–Kier alpha value is -1.82. The van der Waals surface area contributed by atoms with Crippen LogP contribution in [0.5, 0.6) is 0 Å². The van der Waals surface area contributed by atoms with E-state index in [1.807, 2.05) is 0 Å². The number of nitrogens with two attached hydrogens (primary N) is 1. The maximum atomic E-state index is 13.1. The molecule has 3 heteroatoms. The largest absolute Gasteiger partial charge is 0.366 e. The number of primary amides is 1. The van der Waals surface area contributed by atoms with Crippen molar-refractivity contribution < 1.29 is 9.18 Å². The third-order valence-corrected chi connectivity index (χ3v) is 1.42. The first-order valence-corrected chi connectivity index (χ1v) is 3.21. The summed E-state index contributed by atoms with van der Waals surface area (Å²) in [5.74, 6) is 0.563. The van der Waals surface area contributed by atoms with Crippen LogP contribution in [0, 0.1) is 18.2 Å². The Morgan fingerprint density at radius 3 is 2.75 bits per heavy atom. The number of terminal acetylenes is 1. The number of carbonyl (C=O) groups excluding carboxylic acids is 1. The van der Waals surface area contributed by atoms with Crippen molar-refractivity contribution in [3.8, 4) is 12.3 Å². The second-order valence-electron chi connectivity index (χ2n) is 2.18. The number of benzene rings is 1. The van der Waals surface area contributed by atoms with Crippen LogP contribution in [0.3, 0.4) is 0 Å². The van der Waals surface area contributed by atoms with Crippen molar-refractivity contribution >= 4 is 5.91 Å². The molecule has 1 amide bonds. The summed E-state index contributed by atoms with van der Waals surface area (Å²) in [6, 6.07) is 4.18. The Morgan fingerprint density at radius 2 is 2.25 bits per heavy atom. The SMILES string of the molecule is C#Cc1cccc(C(N)=O)c1F. The number of hydrogen-bond acceptors (Lipinski definition) is 1. The molecular weight excluding hydrogens is 157 g/mol. The minimum absolute atomic E-state index is 0.0475. The number of carbonyl (C=O) groups is 1. The van der Waals surface area contributed by atoms with Crippen LogP contribution in [0.15, 0.2) is 18.2 Å². The smallest absolute Gasteiger partial charge is 0.251 e. The van der Waals surface area contributed by atoms with E-state index in [0.717, 1.165) is 0 Å². The van der Waals surface area contributed by atoms with Gasteiger partial charge in [-0.2, -0.15) is 0 Å². The van der Waals surface area contributed by atoms with E-state index in [0.29, 0.717) is 0 Å². The summed E-state index contributed by atoms with van der Waals surface area (Å²) in [7, 11) is 0. The molecule has 1 rings (SSSR count). The van der Waals surface area contributed by atoms with Crippen molar-refractivity contribution in [1.82, 2.24) is 0 Å². The van der Waals surface area contributed by atoms with E-state index in [2.05, 4.69) is 5.92 Å². The number of amides is 1. The Morgan fingerprint density at radius 1 is 1.58 bits per heavy atom. The molecule has 1 aromatic rings. The highest BCUT2D eigenvalue weighted by molar-refractivity contribution is 5.93. The van der Waals surface area contributed by atoms with Crippen molar-refractivity contribution in [3.63, 3.8) is 0 Å². The maximum absolute atomic E-state index is 13.1. The molecule has 0 radical (unpaired) electrons. The van der Waals surface area contributed by atoms with E-state index in [-0.39, 0.29) is 11.1 Å². The molecule has 0 aliphatic carbocycles. The van der Waals surface area contributed by atoms with Crippen LogP contribution in [0.25, 0.3) is 0 Å². The fourth-order valence-corrected chi connectivity index (χ4v) is 0.834. The van der Waals surface area contributed by atoms with E-state index < -0.39 is 11.7 Å². The highest BCUT2D eigenvalue weighted by Crippen LogP contribution is 2.10. The van der Waals surface area contributed by atoms with Crippen molar-refractivity contribution in [3.05, 3.63) is 35.1 Å². The predicted octanol–water partition coefficient (Wildman–Crippen LogP) is 0.906. The Bertz CT molecular complexity index is 365. The Kier molecular flexibility index (Phi) is 2.11. The predicted molar refractivity (Wildman–Crippen MR) is 42.9 cm³/mol. The molecule has 0 spiro atoms. The van der Waals surface area contributed by atoms with Gasteiger partial charge in [0.15, 0.2) is 5.82 Å². The molecule has 2 nitrogen and oxygen atoms in total. The average molecular weight is 163 g/mol. The second kappa shape index (κ2) is 3.05. The summed E-state index contributed by atoms with van der Waals surface area (Å²) in [6.45, 7) is 0. The summed E-state index contributed by atoms with van der Waals surface area (Å²) < 4.78 is 13.1. The molecule has 0 aliphatic rings. The Labute approximate surface area is 69.2 Å². The van der Waals surface area contributed by atoms with Gasteiger partial charge in [-0.1, -0.05) is 12.0 Å². The lowest BCUT2D eigenvalue weighted by Crippen LogP contribution is -2.13. The van der Waals surface area contributed by atoms with Gasteiger partial charge >= 0.3 is 0 Å². The lowest BCUT2D eigenvalue weighted by atomic mass is 10.1. The molecule has 0 atom stereocenters. The number of hydrogen-bond donors (Lipinski definition) is 1. The van der Waals surface area contributed by atoms with Crippen LogP contribution in [-0.2, 0) is 0 Å². The summed E-state index contributed by atoms with van der Waals surface area (Å²) in [5.41, 5.74) is 4.76. The normalized spacial score (nSPS) is 9.00. The molecule has 0 fully saturated rings. The summed E-state index contributed by atoms with van der Waals surface area (Å²) in [5, 5.41) is 0. The van der Waals surface area contributed by atoms with Gasteiger partial charge < -0.3 is 5.73 Å². The quantitative estimate of drug-likeness (QED) is 0.614. The average Bonchev–Trinajstić information content (AvgIpc) is 2.04. The highest BCUT2D eigenvalue weighted by atomic mass is 19.1. The minimum Gasteiger partial charge on any atom is -0.366 e. The fourth-order valence-electron chi connectivity index (χ4n) is 0.834. The molecule has 2 N–H and O–H groups in total. The van der Waals surface area contributed by atoms with Gasteiger partial charge in [-0.3, -0.25) is 4.79 Å². The van der Waals surface area contributed by atoms with Gasteiger partial charge in [0, 0.05) is 0 Å². The van der Waals surface area contributed by atoms with Crippen LogP contribution in [0.4, 0.5) is 4.39 Å². The zero-order valence-corrected chi connectivity index (χ0v) is 6.17. The molecule has 0 aromatic heterocycles. The summed E-state index contributed by atoms with van der Waals surface area (Å²) in [4.78, 5) is 10.6. The van der Waals surface area contributed by atoms with Gasteiger partial charge in [-0.05, 0) is 12.1 Å². The molecule has 0 heterocycles. The maximum Gasteiger partial charge on any atom is 0.251 e. The molecular formula is C9H6FNO. The van der Waals surface area contributed by atoms with Crippen LogP contribution in [-0.4, -0.2) is 5.91 Å². The van der Waals surface area contributed by atoms with Gasteiger partial charge in [-0.25, -0.2) is 4.39 Å². The minimum atomic E-state index is -0.815. The molecule has 0 saturated carbocycles. The molecule has 0 saturated heterocycles. The van der Waals surface area contributed by atoms with E-state index >= 15 is 0 Å². The van der Waals surface area contributed by atoms with Crippen LogP contribution in [0.1, 0.15) is 15.9 Å². The van der Waals surface area contributed by atoms with Crippen molar-refractivity contribution in [2.45, 2.75) is 0 Å². The monoisotopic (exact) mass is 163 g/mol. The molecule has 0 unspecified atom stereocenters. The van der Waals surface area contributed by atoms with Gasteiger partial charge in [-0.15, -0.1) is 6.42 Å². The van der Waals surface area contributed by atoms with E-state index in [4.69, 9.17) is 12.2 Å². The van der Waals surface area contributed by atoms with Crippen molar-refractivity contribution in [1.29, 1.82) is 0 Å². The van der Waals surface area contributed by atoms with Gasteiger partial charge in [0.2, 0.25) is 0 Å². The van der Waals surface area contributed by atoms with E-state index in [1.54, 1.807) is 0 Å². The molecule has 0 aliphatic heterocycles. The zero-order valence-electron chi connectivity index (χ0n) is 6.17. The summed E-state index contributed by atoms with van der Waals surface area (Å²) >= 11 is 0. The molecule has 60 valence electrons. The fraction of sp³-hybridized carbons (Fsp3) is 0. The van der Waals surface area contributed by atoms with Gasteiger partial charge in [0.05, 0.1) is 11.1 Å². The van der Waals surface area contributed by atoms with Gasteiger partial charge in [0.25, 0.3) is 5.91 Å². The molecule has 0 bridgehead atoms. The zero-order chi connectivity index (χ0) is 9.14. The van der Waals surface area contributed by atoms with E-state index in [1.165, 1.54) is 18.2 Å². The van der Waals surface area contributed by atoms with Crippen molar-refractivity contribution in [2.75, 3.05) is 0 Å². The summed E-state index contributed by atoms with van der Waals surface area (Å²) in [6.07, 6.45) is 4.98. The second-order valence-corrected chi connectivity index (χ2v) is 2.18. The molecule has 1 aromatic carbocycles. The highest BCUT2D eigenvalue weighted by Gasteiger charge is 2.09. The number of rotatable bonds is 1. The first-order valence-electron chi connectivity index (χ1n) is 3.21.